The molecular weight excluding hydrogens is 304 g/mol. The Hall–Kier alpha value is -3.79. The zero-order valence-corrected chi connectivity index (χ0v) is 12.5. The molecule has 0 bridgehead atoms. The topological polar surface area (TPSA) is 115 Å². The van der Waals surface area contributed by atoms with Crippen molar-refractivity contribution in [3.63, 3.8) is 0 Å². The third-order valence-electron chi connectivity index (χ3n) is 2.99. The summed E-state index contributed by atoms with van der Waals surface area (Å²) in [6.07, 6.45) is 6.26. The smallest absolute Gasteiger partial charge is 0.178 e. The van der Waals surface area contributed by atoms with Gasteiger partial charge in [0.15, 0.2) is 5.78 Å². The molecule has 2 rings (SSSR count). The first-order valence-electron chi connectivity index (χ1n) is 6.92. The van der Waals surface area contributed by atoms with E-state index in [2.05, 4.69) is 20.1 Å². The van der Waals surface area contributed by atoms with E-state index in [1.165, 1.54) is 12.2 Å². The molecule has 0 amide bonds. The van der Waals surface area contributed by atoms with E-state index < -0.39 is 0 Å². The molecule has 2 aromatic rings. The van der Waals surface area contributed by atoms with Crippen LogP contribution in [0.1, 0.15) is 11.1 Å². The summed E-state index contributed by atoms with van der Waals surface area (Å²) in [5.41, 5.74) is 19.4. The van der Waals surface area contributed by atoms with Gasteiger partial charge in [0, 0.05) is 21.2 Å². The Balaban J connectivity index is 1.98. The summed E-state index contributed by atoms with van der Waals surface area (Å²) in [5, 5.41) is 6.95. The maximum Gasteiger partial charge on any atom is 0.178 e. The number of rotatable bonds is 6. The summed E-state index contributed by atoms with van der Waals surface area (Å²) < 4.78 is 0. The monoisotopic (exact) mass is 316 g/mol. The number of hydrogen-bond donors (Lipinski definition) is 0. The van der Waals surface area contributed by atoms with Crippen LogP contribution in [0.3, 0.4) is 0 Å². The van der Waals surface area contributed by atoms with Crippen molar-refractivity contribution in [3.05, 3.63) is 92.7 Å². The third-order valence-corrected chi connectivity index (χ3v) is 2.99. The normalized spacial score (nSPS) is 10.3. The van der Waals surface area contributed by atoms with Crippen molar-refractivity contribution in [2.45, 2.75) is 0 Å². The van der Waals surface area contributed by atoms with Gasteiger partial charge in [0.1, 0.15) is 0 Å². The zero-order valence-electron chi connectivity index (χ0n) is 12.5. The first kappa shape index (κ1) is 16.6. The lowest BCUT2D eigenvalue weighted by atomic mass is 10.1. The summed E-state index contributed by atoms with van der Waals surface area (Å²) in [5.74, 6) is -0.159. The second kappa shape index (κ2) is 8.60. The molecule has 0 atom stereocenters. The van der Waals surface area contributed by atoms with Crippen molar-refractivity contribution in [3.8, 4) is 0 Å². The number of benzene rings is 2. The van der Waals surface area contributed by atoms with E-state index >= 15 is 0 Å². The van der Waals surface area contributed by atoms with Gasteiger partial charge in [-0.1, -0.05) is 70.9 Å². The average Bonchev–Trinajstić information content (AvgIpc) is 2.61. The summed E-state index contributed by atoms with van der Waals surface area (Å²) in [7, 11) is 0. The fraction of sp³-hybridized carbons (Fsp3) is 0. The van der Waals surface area contributed by atoms with Crippen LogP contribution in [0.2, 0.25) is 0 Å². The largest absolute Gasteiger partial charge is 0.290 e. The number of azide groups is 2. The summed E-state index contributed by atoms with van der Waals surface area (Å²) in [6.45, 7) is 0. The van der Waals surface area contributed by atoms with Gasteiger partial charge in [0.2, 0.25) is 0 Å². The van der Waals surface area contributed by atoms with Gasteiger partial charge in [-0.25, -0.2) is 0 Å². The molecule has 0 fully saturated rings. The van der Waals surface area contributed by atoms with E-state index in [-0.39, 0.29) is 5.78 Å². The predicted molar refractivity (Wildman–Crippen MR) is 93.6 cm³/mol. The highest BCUT2D eigenvalue weighted by Gasteiger charge is 1.93. The quantitative estimate of drug-likeness (QED) is 0.282. The third kappa shape index (κ3) is 5.20. The standard InChI is InChI=1S/C17H12N6O/c18-22-20-15-7-1-13(2-8-15)5-11-17(24)12-6-14-3-9-16(10-4-14)21-23-19/h1-12H/b11-5-,12-6-. The van der Waals surface area contributed by atoms with Crippen LogP contribution in [0.15, 0.2) is 70.9 Å². The molecule has 7 heteroatoms. The fourth-order valence-corrected chi connectivity index (χ4v) is 1.82. The molecule has 0 N–H and O–H groups in total. The number of ketones is 1. The van der Waals surface area contributed by atoms with E-state index in [0.717, 1.165) is 11.1 Å². The Morgan fingerprint density at radius 2 is 1.12 bits per heavy atom. The number of hydrogen-bond acceptors (Lipinski definition) is 3. The second-order valence-electron chi connectivity index (χ2n) is 4.63. The first-order chi connectivity index (χ1) is 11.7. The second-order valence-corrected chi connectivity index (χ2v) is 4.63. The van der Waals surface area contributed by atoms with E-state index in [0.29, 0.717) is 11.4 Å². The van der Waals surface area contributed by atoms with E-state index in [9.17, 15) is 4.79 Å². The van der Waals surface area contributed by atoms with Crippen LogP contribution >= 0.6 is 0 Å². The highest BCUT2D eigenvalue weighted by atomic mass is 16.1. The average molecular weight is 316 g/mol. The van der Waals surface area contributed by atoms with Gasteiger partial charge >= 0.3 is 0 Å². The molecule has 0 aliphatic carbocycles. The lowest BCUT2D eigenvalue weighted by Crippen LogP contribution is -1.84. The first-order valence-corrected chi connectivity index (χ1v) is 6.92. The Kier molecular flexibility index (Phi) is 5.94. The van der Waals surface area contributed by atoms with Crippen molar-refractivity contribution in [2.75, 3.05) is 0 Å². The Labute approximate surface area is 137 Å². The molecule has 0 aliphatic rings. The lowest BCUT2D eigenvalue weighted by molar-refractivity contribution is -0.110. The molecule has 0 radical (unpaired) electrons. The number of carbonyl (C=O) groups is 1. The van der Waals surface area contributed by atoms with Crippen LogP contribution < -0.4 is 0 Å². The summed E-state index contributed by atoms with van der Waals surface area (Å²) >= 11 is 0. The van der Waals surface area contributed by atoms with E-state index in [1.54, 1.807) is 60.7 Å². The predicted octanol–water partition coefficient (Wildman–Crippen LogP) is 5.87. The Morgan fingerprint density at radius 1 is 0.750 bits per heavy atom. The highest BCUT2D eigenvalue weighted by Crippen LogP contribution is 2.15. The van der Waals surface area contributed by atoms with Gasteiger partial charge < -0.3 is 0 Å². The lowest BCUT2D eigenvalue weighted by Gasteiger charge is -1.95. The molecule has 24 heavy (non-hydrogen) atoms. The van der Waals surface area contributed by atoms with Crippen molar-refractivity contribution in [1.29, 1.82) is 0 Å². The molecule has 0 aromatic heterocycles. The molecule has 0 saturated carbocycles. The summed E-state index contributed by atoms with van der Waals surface area (Å²) in [6, 6.07) is 13.7. The van der Waals surface area contributed by atoms with Crippen LogP contribution in [-0.4, -0.2) is 5.78 Å². The van der Waals surface area contributed by atoms with Gasteiger partial charge in [-0.05, 0) is 34.3 Å². The molecule has 116 valence electrons. The molecule has 0 spiro atoms. The number of allylic oxidation sites excluding steroid dienone is 2. The van der Waals surface area contributed by atoms with E-state index in [1.807, 2.05) is 0 Å². The van der Waals surface area contributed by atoms with Gasteiger partial charge in [-0.3, -0.25) is 4.79 Å². The van der Waals surface area contributed by atoms with Gasteiger partial charge in [0.05, 0.1) is 0 Å². The maximum absolute atomic E-state index is 11.8. The van der Waals surface area contributed by atoms with Crippen LogP contribution in [0.5, 0.6) is 0 Å². The zero-order chi connectivity index (χ0) is 17.2. The van der Waals surface area contributed by atoms with Crippen molar-refractivity contribution < 1.29 is 4.79 Å². The van der Waals surface area contributed by atoms with Crippen LogP contribution in [0, 0.1) is 0 Å². The summed E-state index contributed by atoms with van der Waals surface area (Å²) in [4.78, 5) is 17.2. The van der Waals surface area contributed by atoms with Crippen LogP contribution in [-0.2, 0) is 4.79 Å². The molecule has 0 unspecified atom stereocenters. The van der Waals surface area contributed by atoms with E-state index in [4.69, 9.17) is 11.1 Å². The minimum Gasteiger partial charge on any atom is -0.290 e. The molecule has 7 nitrogen and oxygen atoms in total. The molecule has 0 aliphatic heterocycles. The van der Waals surface area contributed by atoms with Crippen LogP contribution in [0.4, 0.5) is 11.4 Å². The maximum atomic E-state index is 11.8. The Bertz CT molecular complexity index is 795. The SMILES string of the molecule is [N-]=[N+]=Nc1ccc(/C=C\C(=O)/C=C\c2ccc(N=[N+]=[N-])cc2)cc1. The van der Waals surface area contributed by atoms with Gasteiger partial charge in [0.25, 0.3) is 0 Å². The van der Waals surface area contributed by atoms with Crippen molar-refractivity contribution >= 4 is 29.3 Å². The molecule has 0 heterocycles. The van der Waals surface area contributed by atoms with Crippen molar-refractivity contribution in [1.82, 2.24) is 0 Å². The number of nitrogens with zero attached hydrogens (tertiary/aromatic N) is 6. The van der Waals surface area contributed by atoms with Gasteiger partial charge in [-0.2, -0.15) is 0 Å². The molecular formula is C17H12N6O. The minimum absolute atomic E-state index is 0.159. The molecule has 0 saturated heterocycles. The fourth-order valence-electron chi connectivity index (χ4n) is 1.82. The number of carbonyl (C=O) groups excluding carboxylic acids is 1. The molecule has 2 aromatic carbocycles. The highest BCUT2D eigenvalue weighted by molar-refractivity contribution is 6.04. The minimum atomic E-state index is -0.159. The van der Waals surface area contributed by atoms with Crippen LogP contribution in [0.25, 0.3) is 33.0 Å². The van der Waals surface area contributed by atoms with Gasteiger partial charge in [-0.15, -0.1) is 0 Å². The van der Waals surface area contributed by atoms with Crippen molar-refractivity contribution in [2.24, 2.45) is 10.2 Å². The Morgan fingerprint density at radius 3 is 1.46 bits per heavy atom.